The van der Waals surface area contributed by atoms with Crippen LogP contribution in [0.15, 0.2) is 0 Å². The van der Waals surface area contributed by atoms with Gasteiger partial charge < -0.3 is 0 Å². The molecule has 0 aromatic carbocycles. The minimum absolute atomic E-state index is 0.934. The summed E-state index contributed by atoms with van der Waals surface area (Å²) in [7, 11) is -2.80. The van der Waals surface area contributed by atoms with E-state index in [0.717, 1.165) is 4.79 Å². The van der Waals surface area contributed by atoms with Crippen molar-refractivity contribution in [3.63, 3.8) is 0 Å². The maximum absolute atomic E-state index is 2.56. The van der Waals surface area contributed by atoms with Crippen molar-refractivity contribution in [2.24, 2.45) is 0 Å². The molecule has 0 amide bonds. The van der Waals surface area contributed by atoms with E-state index in [1.807, 2.05) is 0 Å². The van der Waals surface area contributed by atoms with Crippen molar-refractivity contribution >= 4 is 24.2 Å². The lowest BCUT2D eigenvalue weighted by Crippen LogP contribution is -2.55. The number of hydrogen-bond acceptors (Lipinski definition) is 0. The molecule has 0 fully saturated rings. The minimum Gasteiger partial charge on any atom is -0.0698 e. The molecule has 3 heteroatoms. The average molecular weight is 234 g/mol. The standard InChI is InChI=1S/C10H28Si3/c1-11(2,3)10(12(4,5)6)13(7,8)9/h10H,1-9H3/i10+1. The Morgan fingerprint density at radius 2 is 0.615 bits per heavy atom. The summed E-state index contributed by atoms with van der Waals surface area (Å²) in [5.74, 6) is 0. The van der Waals surface area contributed by atoms with Gasteiger partial charge in [-0.1, -0.05) is 63.7 Å². The summed E-state index contributed by atoms with van der Waals surface area (Å²) in [5, 5.41) is 0. The first kappa shape index (κ1) is 13.7. The molecule has 0 aliphatic carbocycles. The third-order valence-electron chi connectivity index (χ3n) is 2.60. The van der Waals surface area contributed by atoms with Crippen LogP contribution in [-0.4, -0.2) is 24.2 Å². The molecule has 0 unspecified atom stereocenters. The van der Waals surface area contributed by atoms with Crippen LogP contribution in [0.25, 0.3) is 0 Å². The minimum atomic E-state index is -0.934. The highest BCUT2D eigenvalue weighted by molar-refractivity contribution is 7.12. The Kier molecular flexibility index (Phi) is 3.85. The summed E-state index contributed by atoms with van der Waals surface area (Å²) >= 11 is 0. The van der Waals surface area contributed by atoms with Gasteiger partial charge in [-0.25, -0.2) is 0 Å². The Labute approximate surface area is 88.2 Å². The summed E-state index contributed by atoms with van der Waals surface area (Å²) in [6.45, 7) is 23.1. The van der Waals surface area contributed by atoms with Gasteiger partial charge in [-0.15, -0.1) is 0 Å². The molecule has 0 aromatic rings. The zero-order valence-electron chi connectivity index (χ0n) is 11.1. The van der Waals surface area contributed by atoms with Gasteiger partial charge in [0.25, 0.3) is 0 Å². The van der Waals surface area contributed by atoms with Gasteiger partial charge in [0, 0.05) is 24.2 Å². The Bertz CT molecular complexity index is 133. The van der Waals surface area contributed by atoms with E-state index in [1.54, 1.807) is 0 Å². The third-order valence-corrected chi connectivity index (χ3v) is 23.4. The lowest BCUT2D eigenvalue weighted by molar-refractivity contribution is 1.34. The smallest absolute Gasteiger partial charge is 0.0421 e. The van der Waals surface area contributed by atoms with E-state index in [0.29, 0.717) is 0 Å². The maximum atomic E-state index is 2.56. The predicted molar refractivity (Wildman–Crippen MR) is 73.8 cm³/mol. The van der Waals surface area contributed by atoms with Crippen molar-refractivity contribution in [3.05, 3.63) is 0 Å². The van der Waals surface area contributed by atoms with Crippen LogP contribution in [0, 0.1) is 0 Å². The van der Waals surface area contributed by atoms with Gasteiger partial charge in [0.2, 0.25) is 0 Å². The van der Waals surface area contributed by atoms with Crippen molar-refractivity contribution < 1.29 is 0 Å². The summed E-state index contributed by atoms with van der Waals surface area (Å²) < 4.78 is 0. The molecule has 0 heterocycles. The second-order valence-electron chi connectivity index (χ2n) is 7.53. The van der Waals surface area contributed by atoms with Gasteiger partial charge in [-0.2, -0.15) is 0 Å². The van der Waals surface area contributed by atoms with Crippen LogP contribution < -0.4 is 0 Å². The number of rotatable bonds is 3. The van der Waals surface area contributed by atoms with E-state index in [1.165, 1.54) is 0 Å². The molecule has 0 radical (unpaired) electrons. The van der Waals surface area contributed by atoms with Crippen LogP contribution in [0.1, 0.15) is 0 Å². The largest absolute Gasteiger partial charge is 0.0698 e. The maximum Gasteiger partial charge on any atom is 0.0421 e. The van der Waals surface area contributed by atoms with Crippen molar-refractivity contribution in [3.8, 4) is 0 Å². The molecule has 0 aliphatic heterocycles. The van der Waals surface area contributed by atoms with Crippen LogP contribution in [-0.2, 0) is 0 Å². The van der Waals surface area contributed by atoms with Crippen molar-refractivity contribution in [1.29, 1.82) is 0 Å². The molecule has 0 rings (SSSR count). The van der Waals surface area contributed by atoms with E-state index >= 15 is 0 Å². The Morgan fingerprint density at radius 1 is 0.462 bits per heavy atom. The molecule has 0 spiro atoms. The molecule has 0 nitrogen and oxygen atoms in total. The predicted octanol–water partition coefficient (Wildman–Crippen LogP) is 4.45. The third kappa shape index (κ3) is 4.13. The first-order chi connectivity index (χ1) is 5.37. The second-order valence-corrected chi connectivity index (χ2v) is 25.2. The molecule has 0 saturated carbocycles. The molecular formula is C10H28Si3. The van der Waals surface area contributed by atoms with Crippen LogP contribution in [0.2, 0.25) is 63.7 Å². The average Bonchev–Trinajstić information content (AvgIpc) is 1.44. The molecule has 0 saturated heterocycles. The highest BCUT2D eigenvalue weighted by Gasteiger charge is 2.45. The van der Waals surface area contributed by atoms with Crippen LogP contribution in [0.4, 0.5) is 0 Å². The lowest BCUT2D eigenvalue weighted by Gasteiger charge is -2.46. The Hall–Kier alpha value is 0.651. The highest BCUT2D eigenvalue weighted by Crippen LogP contribution is 2.39. The van der Waals surface area contributed by atoms with Gasteiger partial charge in [-0.05, 0) is 0 Å². The number of hydrogen-bond donors (Lipinski definition) is 0. The highest BCUT2D eigenvalue weighted by atomic mass is 28.5. The fraction of sp³-hybridized carbons (Fsp3) is 1.00. The molecule has 13 heavy (non-hydrogen) atoms. The fourth-order valence-electron chi connectivity index (χ4n) is 3.90. The topological polar surface area (TPSA) is 0 Å². The first-order valence-electron chi connectivity index (χ1n) is 5.37. The van der Waals surface area contributed by atoms with Gasteiger partial charge in [-0.3, -0.25) is 0 Å². The quantitative estimate of drug-likeness (QED) is 0.499. The summed E-state index contributed by atoms with van der Waals surface area (Å²) in [6.07, 6.45) is 0. The molecule has 0 atom stereocenters. The summed E-state index contributed by atoms with van der Waals surface area (Å²) in [5.41, 5.74) is 0. The molecular weight excluding hydrogens is 205 g/mol. The normalized spacial score (nSPS) is 15.2. The molecule has 0 aromatic heterocycles. The van der Waals surface area contributed by atoms with Crippen molar-refractivity contribution in [2.75, 3.05) is 0 Å². The summed E-state index contributed by atoms with van der Waals surface area (Å²) in [6, 6.07) is 0. The zero-order valence-corrected chi connectivity index (χ0v) is 14.1. The monoisotopic (exact) mass is 233 g/mol. The Morgan fingerprint density at radius 3 is 0.615 bits per heavy atom. The van der Waals surface area contributed by atoms with Crippen LogP contribution in [0.3, 0.4) is 0 Å². The van der Waals surface area contributed by atoms with Crippen molar-refractivity contribution in [2.45, 2.75) is 63.7 Å². The molecule has 0 N–H and O–H groups in total. The van der Waals surface area contributed by atoms with Gasteiger partial charge >= 0.3 is 0 Å². The zero-order chi connectivity index (χ0) is 11.1. The van der Waals surface area contributed by atoms with E-state index in [4.69, 9.17) is 0 Å². The van der Waals surface area contributed by atoms with Gasteiger partial charge in [0.1, 0.15) is 0 Å². The molecule has 0 bridgehead atoms. The SMILES string of the molecule is C[Si](C)(C)[13CH]([Si](C)(C)C)[Si](C)(C)C. The van der Waals surface area contributed by atoms with Crippen molar-refractivity contribution in [1.82, 2.24) is 0 Å². The van der Waals surface area contributed by atoms with E-state index < -0.39 is 24.2 Å². The van der Waals surface area contributed by atoms with Crippen LogP contribution in [0.5, 0.6) is 0 Å². The first-order valence-corrected chi connectivity index (χ1v) is 16.1. The van der Waals surface area contributed by atoms with Gasteiger partial charge in [0.15, 0.2) is 0 Å². The fourth-order valence-corrected chi connectivity index (χ4v) is 35.1. The van der Waals surface area contributed by atoms with E-state index in [2.05, 4.69) is 58.9 Å². The molecule has 80 valence electrons. The van der Waals surface area contributed by atoms with E-state index in [-0.39, 0.29) is 0 Å². The van der Waals surface area contributed by atoms with Gasteiger partial charge in [0.05, 0.1) is 0 Å². The van der Waals surface area contributed by atoms with Crippen LogP contribution >= 0.6 is 0 Å². The molecule has 0 aliphatic rings. The lowest BCUT2D eigenvalue weighted by atomic mass is 11.8. The second kappa shape index (κ2) is 3.66. The Balaban J connectivity index is 5.02. The summed E-state index contributed by atoms with van der Waals surface area (Å²) in [4.78, 5) is 1.15. The van der Waals surface area contributed by atoms with E-state index in [9.17, 15) is 0 Å².